The predicted octanol–water partition coefficient (Wildman–Crippen LogP) is 6.79. The van der Waals surface area contributed by atoms with Crippen LogP contribution in [0.15, 0.2) is 49.1 Å². The van der Waals surface area contributed by atoms with Crippen LogP contribution >= 0.6 is 0 Å². The third kappa shape index (κ3) is 5.22. The van der Waals surface area contributed by atoms with E-state index in [9.17, 15) is 4.39 Å². The van der Waals surface area contributed by atoms with E-state index in [-0.39, 0.29) is 11.7 Å². The molecule has 1 nitrogen and oxygen atoms in total. The summed E-state index contributed by atoms with van der Waals surface area (Å²) in [6.07, 6.45) is 10.1. The van der Waals surface area contributed by atoms with E-state index in [1.807, 2.05) is 18.2 Å². The molecule has 2 aromatic carbocycles. The molecule has 1 aliphatic carbocycles. The smallest absolute Gasteiger partial charge is 0.126 e. The molecular formula is C25H31FO. The van der Waals surface area contributed by atoms with Gasteiger partial charge < -0.3 is 4.74 Å². The number of rotatable bonds is 9. The number of hydrogen-bond donors (Lipinski definition) is 0. The normalized spacial score (nSPS) is 16.0. The largest absolute Gasteiger partial charge is 0.493 e. The highest BCUT2D eigenvalue weighted by Gasteiger charge is 2.23. The monoisotopic (exact) mass is 366 g/mol. The Kier molecular flexibility index (Phi) is 7.09. The third-order valence-electron chi connectivity index (χ3n) is 5.57. The fourth-order valence-corrected chi connectivity index (χ4v) is 3.98. The van der Waals surface area contributed by atoms with E-state index < -0.39 is 0 Å². The lowest BCUT2D eigenvalue weighted by molar-refractivity contribution is 0.324. The Morgan fingerprint density at radius 3 is 2.81 bits per heavy atom. The highest BCUT2D eigenvalue weighted by Crippen LogP contribution is 2.35. The molecule has 1 aliphatic rings. The van der Waals surface area contributed by atoms with Crippen LogP contribution in [0.4, 0.5) is 4.39 Å². The Morgan fingerprint density at radius 2 is 2.04 bits per heavy atom. The first kappa shape index (κ1) is 19.7. The molecule has 0 heterocycles. The van der Waals surface area contributed by atoms with E-state index in [0.717, 1.165) is 55.4 Å². The summed E-state index contributed by atoms with van der Waals surface area (Å²) in [5, 5.41) is 0. The van der Waals surface area contributed by atoms with Crippen LogP contribution in [-0.2, 0) is 19.3 Å². The van der Waals surface area contributed by atoms with Crippen LogP contribution in [0.5, 0.6) is 5.75 Å². The van der Waals surface area contributed by atoms with Gasteiger partial charge in [0.1, 0.15) is 11.6 Å². The van der Waals surface area contributed by atoms with Crippen LogP contribution in [0.3, 0.4) is 0 Å². The minimum Gasteiger partial charge on any atom is -0.493 e. The number of fused-ring (bicyclic) bond motifs is 1. The second-order valence-corrected chi connectivity index (χ2v) is 7.61. The number of aryl methyl sites for hydroxylation is 2. The molecule has 27 heavy (non-hydrogen) atoms. The molecule has 0 fully saturated rings. The molecule has 0 saturated carbocycles. The maximum atomic E-state index is 14.7. The molecule has 0 amide bonds. The molecule has 2 aromatic rings. The summed E-state index contributed by atoms with van der Waals surface area (Å²) in [5.41, 5.74) is 4.68. The van der Waals surface area contributed by atoms with Crippen molar-refractivity contribution in [2.24, 2.45) is 0 Å². The topological polar surface area (TPSA) is 9.23 Å². The van der Waals surface area contributed by atoms with E-state index in [2.05, 4.69) is 31.7 Å². The van der Waals surface area contributed by atoms with Crippen molar-refractivity contribution >= 4 is 0 Å². The van der Waals surface area contributed by atoms with Crippen LogP contribution in [0.25, 0.3) is 0 Å². The summed E-state index contributed by atoms with van der Waals surface area (Å²) in [4.78, 5) is 0. The van der Waals surface area contributed by atoms with Gasteiger partial charge in [0.2, 0.25) is 0 Å². The predicted molar refractivity (Wildman–Crippen MR) is 111 cm³/mol. The molecule has 144 valence electrons. The minimum absolute atomic E-state index is 0.0261. The molecule has 0 aromatic heterocycles. The van der Waals surface area contributed by atoms with Gasteiger partial charge in [0.15, 0.2) is 0 Å². The van der Waals surface area contributed by atoms with Gasteiger partial charge >= 0.3 is 0 Å². The SMILES string of the molecule is C=CCCOc1ccc2c(c1)CCC(c1ccc(CCCCC)cc1F)C2. The van der Waals surface area contributed by atoms with Crippen LogP contribution in [0.1, 0.15) is 67.2 Å². The fourth-order valence-electron chi connectivity index (χ4n) is 3.98. The molecule has 1 atom stereocenters. The molecule has 2 heteroatoms. The van der Waals surface area contributed by atoms with Crippen molar-refractivity contribution in [1.82, 2.24) is 0 Å². The Balaban J connectivity index is 1.66. The summed E-state index contributed by atoms with van der Waals surface area (Å²) < 4.78 is 20.5. The van der Waals surface area contributed by atoms with Crippen molar-refractivity contribution in [3.8, 4) is 5.75 Å². The van der Waals surface area contributed by atoms with Gasteiger partial charge in [-0.3, -0.25) is 0 Å². The molecule has 3 rings (SSSR count). The second kappa shape index (κ2) is 9.73. The van der Waals surface area contributed by atoms with Crippen molar-refractivity contribution in [3.63, 3.8) is 0 Å². The van der Waals surface area contributed by atoms with Crippen molar-refractivity contribution in [2.45, 2.75) is 64.2 Å². The standard InChI is InChI=1S/C25H31FO/c1-3-5-7-8-19-9-14-24(25(26)16-19)22-11-10-21-18-23(27-15-6-4-2)13-12-20(21)17-22/h4,9,12-14,16,18,22H,2-3,5-8,10-11,15,17H2,1H3. The molecule has 0 spiro atoms. The Hall–Kier alpha value is -2.09. The maximum absolute atomic E-state index is 14.7. The summed E-state index contributed by atoms with van der Waals surface area (Å²) in [7, 11) is 0. The fraction of sp³-hybridized carbons (Fsp3) is 0.440. The molecule has 0 N–H and O–H groups in total. The van der Waals surface area contributed by atoms with Gasteiger partial charge in [-0.2, -0.15) is 0 Å². The highest BCUT2D eigenvalue weighted by atomic mass is 19.1. The average molecular weight is 367 g/mol. The zero-order valence-electron chi connectivity index (χ0n) is 16.5. The van der Waals surface area contributed by atoms with Gasteiger partial charge in [0.05, 0.1) is 6.61 Å². The van der Waals surface area contributed by atoms with Crippen molar-refractivity contribution < 1.29 is 9.13 Å². The van der Waals surface area contributed by atoms with Gasteiger partial charge in [-0.1, -0.05) is 44.0 Å². The average Bonchev–Trinajstić information content (AvgIpc) is 2.68. The molecule has 1 unspecified atom stereocenters. The van der Waals surface area contributed by atoms with Crippen LogP contribution in [0, 0.1) is 5.82 Å². The Bertz CT molecular complexity index is 765. The van der Waals surface area contributed by atoms with Crippen LogP contribution in [-0.4, -0.2) is 6.61 Å². The van der Waals surface area contributed by atoms with E-state index in [1.54, 1.807) is 6.07 Å². The zero-order chi connectivity index (χ0) is 19.1. The van der Waals surface area contributed by atoms with E-state index in [1.165, 1.54) is 24.0 Å². The zero-order valence-corrected chi connectivity index (χ0v) is 16.5. The number of hydrogen-bond acceptors (Lipinski definition) is 1. The second-order valence-electron chi connectivity index (χ2n) is 7.61. The minimum atomic E-state index is -0.0261. The highest BCUT2D eigenvalue weighted by molar-refractivity contribution is 5.40. The third-order valence-corrected chi connectivity index (χ3v) is 5.57. The summed E-state index contributed by atoms with van der Waals surface area (Å²) in [5.74, 6) is 1.17. The Morgan fingerprint density at radius 1 is 1.15 bits per heavy atom. The summed E-state index contributed by atoms with van der Waals surface area (Å²) in [6, 6.07) is 12.3. The summed E-state index contributed by atoms with van der Waals surface area (Å²) >= 11 is 0. The van der Waals surface area contributed by atoms with Crippen molar-refractivity contribution in [2.75, 3.05) is 6.61 Å². The quantitative estimate of drug-likeness (QED) is 0.351. The lowest BCUT2D eigenvalue weighted by Crippen LogP contribution is -2.14. The lowest BCUT2D eigenvalue weighted by Gasteiger charge is -2.26. The number of benzene rings is 2. The van der Waals surface area contributed by atoms with Crippen molar-refractivity contribution in [1.29, 1.82) is 0 Å². The van der Waals surface area contributed by atoms with Gasteiger partial charge in [-0.25, -0.2) is 4.39 Å². The first-order chi connectivity index (χ1) is 13.2. The number of ether oxygens (including phenoxy) is 1. The first-order valence-corrected chi connectivity index (χ1v) is 10.3. The van der Waals surface area contributed by atoms with E-state index in [4.69, 9.17) is 4.74 Å². The van der Waals surface area contributed by atoms with Crippen LogP contribution in [0.2, 0.25) is 0 Å². The number of halogens is 1. The molecule has 0 aliphatic heterocycles. The number of unbranched alkanes of at least 4 members (excludes halogenated alkanes) is 2. The molecule has 0 saturated heterocycles. The molecule has 0 bridgehead atoms. The van der Waals surface area contributed by atoms with Gasteiger partial charge in [-0.15, -0.1) is 6.58 Å². The molecular weight excluding hydrogens is 335 g/mol. The van der Waals surface area contributed by atoms with Crippen LogP contribution < -0.4 is 4.74 Å². The first-order valence-electron chi connectivity index (χ1n) is 10.3. The van der Waals surface area contributed by atoms with Gasteiger partial charge in [0, 0.05) is 0 Å². The van der Waals surface area contributed by atoms with Gasteiger partial charge in [0.25, 0.3) is 0 Å². The van der Waals surface area contributed by atoms with Gasteiger partial charge in [-0.05, 0) is 84.9 Å². The van der Waals surface area contributed by atoms with E-state index >= 15 is 0 Å². The Labute approximate surface area is 163 Å². The van der Waals surface area contributed by atoms with E-state index in [0.29, 0.717) is 6.61 Å². The summed E-state index contributed by atoms with van der Waals surface area (Å²) in [6.45, 7) is 6.58. The lowest BCUT2D eigenvalue weighted by atomic mass is 9.79. The molecule has 0 radical (unpaired) electrons. The maximum Gasteiger partial charge on any atom is 0.126 e. The van der Waals surface area contributed by atoms with Crippen molar-refractivity contribution in [3.05, 3.63) is 77.1 Å².